The maximum Gasteiger partial charge on any atom is 0.255 e. The lowest BCUT2D eigenvalue weighted by molar-refractivity contribution is 0.0988. The van der Waals surface area contributed by atoms with E-state index >= 15 is 0 Å². The highest BCUT2D eigenvalue weighted by Gasteiger charge is 2.25. The Morgan fingerprint density at radius 3 is 1.86 bits per heavy atom. The van der Waals surface area contributed by atoms with E-state index in [0.717, 1.165) is 64.7 Å². The smallest absolute Gasteiger partial charge is 0.255 e. The summed E-state index contributed by atoms with van der Waals surface area (Å²) in [7, 11) is 0. The Morgan fingerprint density at radius 2 is 1.32 bits per heavy atom. The lowest BCUT2D eigenvalue weighted by atomic mass is 9.98. The fraction of sp³-hybridized carbons (Fsp3) is 0.231. The van der Waals surface area contributed by atoms with Gasteiger partial charge in [0.2, 0.25) is 0 Å². The molecule has 66 heavy (non-hydrogen) atoms. The SMILES string of the molecule is CC.Cc1cc(C(C)Oc2ccc(Cl)nc2SN)c2oc(-c3ccccc3)c(C)c(=O)c2c1.Cc1cc(C(C)Oc2ccc(F)c(F)c2C(N)=O)c2oc(C3=CCCC=C3)c(C)c(=O)c2c1. The molecule has 4 N–H and O–H groups in total. The summed E-state index contributed by atoms with van der Waals surface area (Å²) in [6, 6.07) is 22.4. The highest BCUT2D eigenvalue weighted by molar-refractivity contribution is 7.97. The molecular formula is C52H50ClF2N3O7S. The number of hydrogen-bond donors (Lipinski definition) is 2. The van der Waals surface area contributed by atoms with Crippen LogP contribution in [0.25, 0.3) is 38.8 Å². The molecule has 0 bridgehead atoms. The van der Waals surface area contributed by atoms with E-state index in [0.29, 0.717) is 66.1 Å². The van der Waals surface area contributed by atoms with Crippen LogP contribution >= 0.6 is 23.5 Å². The number of pyridine rings is 1. The Balaban J connectivity index is 0.000000211. The van der Waals surface area contributed by atoms with Gasteiger partial charge >= 0.3 is 0 Å². The van der Waals surface area contributed by atoms with Gasteiger partial charge in [0.1, 0.15) is 51.4 Å². The molecule has 3 heterocycles. The van der Waals surface area contributed by atoms with Crippen LogP contribution in [-0.4, -0.2) is 10.9 Å². The van der Waals surface area contributed by atoms with Gasteiger partial charge in [-0.25, -0.2) is 13.8 Å². The molecule has 8 rings (SSSR count). The third-order valence-electron chi connectivity index (χ3n) is 10.8. The van der Waals surface area contributed by atoms with Crippen LogP contribution in [0, 0.1) is 39.3 Å². The lowest BCUT2D eigenvalue weighted by Crippen LogP contribution is -2.17. The number of amides is 1. The Hall–Kier alpha value is -6.54. The second-order valence-electron chi connectivity index (χ2n) is 15.4. The molecule has 1 amide bonds. The molecule has 1 aliphatic carbocycles. The number of allylic oxidation sites excluding steroid dienone is 4. The number of nitrogens with zero attached hydrogens (tertiary/aromatic N) is 1. The third-order valence-corrected chi connectivity index (χ3v) is 11.5. The molecule has 0 saturated carbocycles. The van der Waals surface area contributed by atoms with E-state index in [1.165, 1.54) is 0 Å². The van der Waals surface area contributed by atoms with Gasteiger partial charge in [-0.1, -0.05) is 74.0 Å². The minimum absolute atomic E-state index is 0.0522. The van der Waals surface area contributed by atoms with Crippen molar-refractivity contribution in [1.82, 2.24) is 4.98 Å². The Bertz CT molecular complexity index is 3150. The number of nitrogens with two attached hydrogens (primary N) is 2. The Morgan fingerprint density at radius 1 is 0.773 bits per heavy atom. The van der Waals surface area contributed by atoms with Gasteiger partial charge in [0, 0.05) is 33.4 Å². The molecule has 2 unspecified atom stereocenters. The van der Waals surface area contributed by atoms with Crippen LogP contribution in [0.5, 0.6) is 11.5 Å². The van der Waals surface area contributed by atoms with Crippen molar-refractivity contribution in [2.45, 2.75) is 85.5 Å². The molecule has 3 aromatic heterocycles. The molecule has 0 radical (unpaired) electrons. The number of benzene rings is 4. The fourth-order valence-corrected chi connectivity index (χ4v) is 8.19. The molecule has 10 nitrogen and oxygen atoms in total. The molecule has 4 aromatic carbocycles. The van der Waals surface area contributed by atoms with Crippen LogP contribution in [0.2, 0.25) is 5.15 Å². The summed E-state index contributed by atoms with van der Waals surface area (Å²) in [5.41, 5.74) is 11.0. The van der Waals surface area contributed by atoms with Crippen molar-refractivity contribution in [3.63, 3.8) is 0 Å². The number of hydrogen-bond acceptors (Lipinski definition) is 10. The Labute approximate surface area is 390 Å². The topological polar surface area (TPSA) is 161 Å². The number of primary amides is 1. The van der Waals surface area contributed by atoms with Crippen molar-refractivity contribution < 1.29 is 31.9 Å². The zero-order valence-corrected chi connectivity index (χ0v) is 39.4. The number of aromatic nitrogens is 1. The van der Waals surface area contributed by atoms with Crippen LogP contribution in [0.1, 0.15) is 102 Å². The van der Waals surface area contributed by atoms with Gasteiger partial charge in [-0.15, -0.1) is 0 Å². The summed E-state index contributed by atoms with van der Waals surface area (Å²) >= 11 is 6.93. The van der Waals surface area contributed by atoms with Crippen LogP contribution < -0.4 is 31.2 Å². The molecule has 342 valence electrons. The van der Waals surface area contributed by atoms with E-state index < -0.39 is 35.3 Å². The van der Waals surface area contributed by atoms with E-state index in [4.69, 9.17) is 40.8 Å². The molecule has 1 aliphatic rings. The first-order valence-electron chi connectivity index (χ1n) is 21.3. The minimum atomic E-state index is -1.37. The summed E-state index contributed by atoms with van der Waals surface area (Å²) in [5.74, 6) is -2.38. The van der Waals surface area contributed by atoms with Crippen LogP contribution in [-0.2, 0) is 0 Å². The number of ether oxygens (including phenoxy) is 2. The molecular weight excluding hydrogens is 884 g/mol. The largest absolute Gasteiger partial charge is 0.485 e. The van der Waals surface area contributed by atoms with Crippen molar-refractivity contribution in [3.8, 4) is 22.8 Å². The van der Waals surface area contributed by atoms with Gasteiger partial charge in [0.15, 0.2) is 33.3 Å². The third kappa shape index (κ3) is 10.3. The zero-order valence-electron chi connectivity index (χ0n) is 37.8. The normalized spacial score (nSPS) is 12.9. The summed E-state index contributed by atoms with van der Waals surface area (Å²) in [6.07, 6.45) is 6.54. The molecule has 0 spiro atoms. The van der Waals surface area contributed by atoms with Crippen molar-refractivity contribution in [2.24, 2.45) is 10.9 Å². The predicted molar refractivity (Wildman–Crippen MR) is 259 cm³/mol. The number of fused-ring (bicyclic) bond motifs is 2. The molecule has 2 atom stereocenters. The lowest BCUT2D eigenvalue weighted by Gasteiger charge is -2.20. The highest BCUT2D eigenvalue weighted by atomic mass is 35.5. The maximum absolute atomic E-state index is 14.2. The number of carbonyl (C=O) groups is 1. The fourth-order valence-electron chi connectivity index (χ4n) is 7.61. The Kier molecular flexibility index (Phi) is 15.7. The van der Waals surface area contributed by atoms with E-state index in [1.807, 2.05) is 95.3 Å². The number of aryl methyl sites for hydroxylation is 2. The second-order valence-corrected chi connectivity index (χ2v) is 16.4. The highest BCUT2D eigenvalue weighted by Crippen LogP contribution is 2.37. The van der Waals surface area contributed by atoms with Crippen molar-refractivity contribution >= 4 is 57.0 Å². The van der Waals surface area contributed by atoms with E-state index in [-0.39, 0.29) is 16.6 Å². The summed E-state index contributed by atoms with van der Waals surface area (Å²) < 4.78 is 52.5. The van der Waals surface area contributed by atoms with Gasteiger partial charge in [0.25, 0.3) is 5.91 Å². The zero-order chi connectivity index (χ0) is 48.0. The number of rotatable bonds is 10. The minimum Gasteiger partial charge on any atom is -0.485 e. The van der Waals surface area contributed by atoms with Gasteiger partial charge in [-0.05, 0) is 126 Å². The first kappa shape index (κ1) is 48.9. The van der Waals surface area contributed by atoms with Crippen molar-refractivity contribution in [2.75, 3.05) is 0 Å². The van der Waals surface area contributed by atoms with E-state index in [9.17, 15) is 23.2 Å². The first-order valence-corrected chi connectivity index (χ1v) is 22.6. The monoisotopic (exact) mass is 933 g/mol. The average molecular weight is 935 g/mol. The van der Waals surface area contributed by atoms with Gasteiger partial charge in [-0.2, -0.15) is 0 Å². The molecule has 14 heteroatoms. The van der Waals surface area contributed by atoms with Crippen LogP contribution in [0.15, 0.2) is 121 Å². The average Bonchev–Trinajstić information content (AvgIpc) is 3.31. The number of carbonyl (C=O) groups excluding carboxylic acids is 1. The van der Waals surface area contributed by atoms with Crippen molar-refractivity contribution in [3.05, 3.63) is 179 Å². The predicted octanol–water partition coefficient (Wildman–Crippen LogP) is 12.9. The van der Waals surface area contributed by atoms with Gasteiger partial charge in [-0.3, -0.25) is 19.5 Å². The number of halogens is 3. The second kappa shape index (κ2) is 21.2. The maximum atomic E-state index is 14.2. The van der Waals surface area contributed by atoms with E-state index in [2.05, 4.69) is 4.98 Å². The van der Waals surface area contributed by atoms with Gasteiger partial charge in [0.05, 0.1) is 10.8 Å². The standard InChI is InChI=1S/C26H23F2NO4.C24H21ClN2O3S.C2H6/c1-13-11-17(15(3)32-20-10-9-19(27)22(28)21(20)26(29)31)25-18(12-13)23(30)14(2)24(33-25)16-7-5-4-6-8-16;1-13-11-17(15(3)29-19-9-10-20(25)27-24(19)31-26)23-18(12-13)21(28)14(2)22(30-23)16-7-5-4-6-8-16;1-2/h5,7-12,15H,4,6H2,1-3H3,(H2,29,31);4-12,15H,26H2,1-3H3;1-2H3. The van der Waals surface area contributed by atoms with Crippen LogP contribution in [0.3, 0.4) is 0 Å². The van der Waals surface area contributed by atoms with Gasteiger partial charge < -0.3 is 24.0 Å². The molecule has 7 aromatic rings. The van der Waals surface area contributed by atoms with E-state index in [1.54, 1.807) is 45.0 Å². The molecule has 0 fully saturated rings. The molecule has 0 aliphatic heterocycles. The first-order chi connectivity index (χ1) is 31.6. The molecule has 0 saturated heterocycles. The summed E-state index contributed by atoms with van der Waals surface area (Å²) in [6.45, 7) is 14.9. The summed E-state index contributed by atoms with van der Waals surface area (Å²) in [5, 5.41) is 7.47. The van der Waals surface area contributed by atoms with Crippen LogP contribution in [0.4, 0.5) is 8.78 Å². The quantitative estimate of drug-likeness (QED) is 0.0997. The summed E-state index contributed by atoms with van der Waals surface area (Å²) in [4.78, 5) is 42.3. The van der Waals surface area contributed by atoms with Crippen molar-refractivity contribution in [1.29, 1.82) is 0 Å².